The Kier molecular flexibility index (Phi) is 2.32. The lowest BCUT2D eigenvalue weighted by atomic mass is 10.0. The normalized spacial score (nSPS) is 12.8. The van der Waals surface area contributed by atoms with Gasteiger partial charge in [0.2, 0.25) is 0 Å². The van der Waals surface area contributed by atoms with Crippen molar-refractivity contribution in [3.63, 3.8) is 0 Å². The molecule has 0 fully saturated rings. The van der Waals surface area contributed by atoms with E-state index in [1.807, 2.05) is 0 Å². The molecule has 0 saturated heterocycles. The fraction of sp³-hybridized carbons (Fsp3) is 0.429. The van der Waals surface area contributed by atoms with E-state index in [1.165, 1.54) is 6.26 Å². The maximum Gasteiger partial charge on any atom is 0.303 e. The van der Waals surface area contributed by atoms with E-state index in [0.29, 0.717) is 5.56 Å². The number of carboxylic acids is 1. The van der Waals surface area contributed by atoms with Gasteiger partial charge in [-0.15, -0.1) is 0 Å². The maximum absolute atomic E-state index is 10.9. The van der Waals surface area contributed by atoms with Gasteiger partial charge in [0, 0.05) is 5.92 Å². The average Bonchev–Trinajstić information content (AvgIpc) is 2.33. The third-order valence-electron chi connectivity index (χ3n) is 1.61. The van der Waals surface area contributed by atoms with E-state index in [1.54, 1.807) is 6.92 Å². The molecule has 0 bridgehead atoms. The number of aromatic amines is 1. The van der Waals surface area contributed by atoms with Crippen LogP contribution in [0.1, 0.15) is 24.8 Å². The highest BCUT2D eigenvalue weighted by Gasteiger charge is 2.14. The van der Waals surface area contributed by atoms with Gasteiger partial charge in [0.05, 0.1) is 12.0 Å². The second-order valence-electron chi connectivity index (χ2n) is 2.62. The van der Waals surface area contributed by atoms with Crippen LogP contribution in [0.5, 0.6) is 0 Å². The Hall–Kier alpha value is -1.52. The zero-order valence-corrected chi connectivity index (χ0v) is 6.53. The van der Waals surface area contributed by atoms with Crippen molar-refractivity contribution in [2.24, 2.45) is 0 Å². The highest BCUT2D eigenvalue weighted by Crippen LogP contribution is 2.14. The van der Waals surface area contributed by atoms with E-state index in [2.05, 4.69) is 9.68 Å². The highest BCUT2D eigenvalue weighted by molar-refractivity contribution is 5.67. The van der Waals surface area contributed by atoms with Crippen LogP contribution in [0.3, 0.4) is 0 Å². The number of aliphatic carboxylic acids is 1. The highest BCUT2D eigenvalue weighted by atomic mass is 16.5. The Bertz CT molecular complexity index is 324. The number of hydrogen-bond donors (Lipinski definition) is 2. The molecule has 0 aliphatic rings. The van der Waals surface area contributed by atoms with E-state index in [0.717, 1.165) is 0 Å². The van der Waals surface area contributed by atoms with Gasteiger partial charge in [-0.05, 0) is 0 Å². The summed E-state index contributed by atoms with van der Waals surface area (Å²) >= 11 is 0. The van der Waals surface area contributed by atoms with Gasteiger partial charge in [-0.25, -0.2) is 0 Å². The minimum Gasteiger partial charge on any atom is -0.481 e. The summed E-state index contributed by atoms with van der Waals surface area (Å²) in [5.74, 6) is -1.24. The van der Waals surface area contributed by atoms with Gasteiger partial charge in [-0.2, -0.15) is 5.16 Å². The molecule has 66 valence electrons. The van der Waals surface area contributed by atoms with Crippen LogP contribution in [0, 0.1) is 0 Å². The first-order valence-corrected chi connectivity index (χ1v) is 3.49. The molecule has 1 atom stereocenters. The topological polar surface area (TPSA) is 83.3 Å². The summed E-state index contributed by atoms with van der Waals surface area (Å²) in [7, 11) is 0. The lowest BCUT2D eigenvalue weighted by molar-refractivity contribution is -0.137. The largest absolute Gasteiger partial charge is 0.481 e. The summed E-state index contributed by atoms with van der Waals surface area (Å²) in [5.41, 5.74) is 0.0150. The number of nitrogens with one attached hydrogen (secondary N) is 1. The van der Waals surface area contributed by atoms with Crippen LogP contribution in [0.4, 0.5) is 0 Å². The first kappa shape index (κ1) is 8.58. The van der Waals surface area contributed by atoms with Crippen molar-refractivity contribution in [2.45, 2.75) is 19.3 Å². The molecule has 0 radical (unpaired) electrons. The van der Waals surface area contributed by atoms with E-state index in [-0.39, 0.29) is 17.9 Å². The van der Waals surface area contributed by atoms with Crippen LogP contribution in [-0.4, -0.2) is 16.2 Å². The predicted octanol–water partition coefficient (Wildman–Crippen LogP) is 0.546. The number of rotatable bonds is 3. The molecule has 0 aromatic carbocycles. The van der Waals surface area contributed by atoms with Gasteiger partial charge >= 0.3 is 5.97 Å². The lowest BCUT2D eigenvalue weighted by Crippen LogP contribution is -2.11. The van der Waals surface area contributed by atoms with Gasteiger partial charge in [-0.1, -0.05) is 6.92 Å². The zero-order valence-electron chi connectivity index (χ0n) is 6.53. The zero-order chi connectivity index (χ0) is 9.14. The molecule has 0 aliphatic carbocycles. The molecule has 5 nitrogen and oxygen atoms in total. The molecule has 1 aromatic rings. The number of carbonyl (C=O) groups is 1. The number of carboxylic acid groups (broad SMARTS) is 1. The van der Waals surface area contributed by atoms with Crippen LogP contribution in [0.25, 0.3) is 0 Å². The number of H-pyrrole nitrogens is 1. The van der Waals surface area contributed by atoms with Gasteiger partial charge in [-0.3, -0.25) is 9.59 Å². The quantitative estimate of drug-likeness (QED) is 0.695. The van der Waals surface area contributed by atoms with Gasteiger partial charge in [0.15, 0.2) is 0 Å². The third kappa shape index (κ3) is 1.75. The number of aromatic nitrogens is 1. The smallest absolute Gasteiger partial charge is 0.303 e. The minimum absolute atomic E-state index is 0.0669. The van der Waals surface area contributed by atoms with Gasteiger partial charge < -0.3 is 9.63 Å². The second-order valence-corrected chi connectivity index (χ2v) is 2.62. The second kappa shape index (κ2) is 3.25. The lowest BCUT2D eigenvalue weighted by Gasteiger charge is -2.01. The van der Waals surface area contributed by atoms with Gasteiger partial charge in [0.1, 0.15) is 6.26 Å². The first-order valence-electron chi connectivity index (χ1n) is 3.49. The molecule has 1 rings (SSSR count). The summed E-state index contributed by atoms with van der Waals surface area (Å²) in [4.78, 5) is 21.2. The molecule has 1 aromatic heterocycles. The molecule has 0 aliphatic heterocycles. The van der Waals surface area contributed by atoms with E-state index >= 15 is 0 Å². The fourth-order valence-corrected chi connectivity index (χ4v) is 0.971. The summed E-state index contributed by atoms with van der Waals surface area (Å²) in [6.07, 6.45) is 1.18. The van der Waals surface area contributed by atoms with E-state index in [9.17, 15) is 9.59 Å². The molecular weight excluding hydrogens is 162 g/mol. The number of hydrogen-bond acceptors (Lipinski definition) is 3. The van der Waals surface area contributed by atoms with Crippen LogP contribution in [0.2, 0.25) is 0 Å². The molecule has 0 spiro atoms. The summed E-state index contributed by atoms with van der Waals surface area (Å²) in [5, 5.41) is 10.5. The Morgan fingerprint density at radius 1 is 1.83 bits per heavy atom. The van der Waals surface area contributed by atoms with Crippen LogP contribution >= 0.6 is 0 Å². The molecule has 0 amide bonds. The van der Waals surface area contributed by atoms with Crippen molar-refractivity contribution in [1.29, 1.82) is 0 Å². The average molecular weight is 171 g/mol. The van der Waals surface area contributed by atoms with Crippen molar-refractivity contribution in [2.75, 3.05) is 0 Å². The molecule has 5 heteroatoms. The van der Waals surface area contributed by atoms with E-state index < -0.39 is 5.97 Å². The minimum atomic E-state index is -0.928. The Labute approximate surface area is 68.0 Å². The SMILES string of the molecule is CC(CC(=O)O)c1co[nH]c1=O. The van der Waals surface area contributed by atoms with E-state index in [4.69, 9.17) is 5.11 Å². The van der Waals surface area contributed by atoms with Crippen molar-refractivity contribution < 1.29 is 14.4 Å². The molecule has 2 N–H and O–H groups in total. The Morgan fingerprint density at radius 3 is 2.92 bits per heavy atom. The van der Waals surface area contributed by atoms with Crippen molar-refractivity contribution in [3.05, 3.63) is 22.2 Å². The maximum atomic E-state index is 10.9. The Morgan fingerprint density at radius 2 is 2.50 bits per heavy atom. The third-order valence-corrected chi connectivity index (χ3v) is 1.61. The molecule has 0 saturated carbocycles. The summed E-state index contributed by atoms with van der Waals surface area (Å²) in [6.45, 7) is 1.66. The summed E-state index contributed by atoms with van der Waals surface area (Å²) in [6, 6.07) is 0. The molecule has 1 heterocycles. The van der Waals surface area contributed by atoms with Crippen LogP contribution in [0.15, 0.2) is 15.6 Å². The molecule has 12 heavy (non-hydrogen) atoms. The van der Waals surface area contributed by atoms with Crippen LogP contribution in [-0.2, 0) is 4.79 Å². The monoisotopic (exact) mass is 171 g/mol. The fourth-order valence-electron chi connectivity index (χ4n) is 0.971. The van der Waals surface area contributed by atoms with Crippen molar-refractivity contribution in [1.82, 2.24) is 5.16 Å². The molecular formula is C7H9NO4. The first-order chi connectivity index (χ1) is 5.61. The van der Waals surface area contributed by atoms with Gasteiger partial charge in [0.25, 0.3) is 5.56 Å². The Balaban J connectivity index is 2.78. The standard InChI is InChI=1S/C7H9NO4/c1-4(2-6(9)10)5-3-12-8-7(5)11/h3-4H,2H2,1H3,(H,8,11)(H,9,10). The molecule has 1 unspecified atom stereocenters. The summed E-state index contributed by atoms with van der Waals surface area (Å²) < 4.78 is 4.52. The predicted molar refractivity (Wildman–Crippen MR) is 40.0 cm³/mol. The van der Waals surface area contributed by atoms with Crippen molar-refractivity contribution in [3.8, 4) is 0 Å². The van der Waals surface area contributed by atoms with Crippen molar-refractivity contribution >= 4 is 5.97 Å². The van der Waals surface area contributed by atoms with Crippen LogP contribution < -0.4 is 5.56 Å².